The second-order valence-electron chi connectivity index (χ2n) is 2.82. The summed E-state index contributed by atoms with van der Waals surface area (Å²) >= 11 is 0. The first kappa shape index (κ1) is 22.8. The molecule has 0 saturated carbocycles. The van der Waals surface area contributed by atoms with E-state index in [0.29, 0.717) is 18.8 Å². The molecule has 101 valence electrons. The van der Waals surface area contributed by atoms with Gasteiger partial charge in [-0.2, -0.15) is 0 Å². The van der Waals surface area contributed by atoms with Crippen LogP contribution in [0.1, 0.15) is 13.8 Å². The Labute approximate surface area is 136 Å². The molecule has 4 nitrogen and oxygen atoms in total. The van der Waals surface area contributed by atoms with E-state index < -0.39 is 0 Å². The molecule has 0 heterocycles. The number of rotatable bonds is 5. The predicted octanol–water partition coefficient (Wildman–Crippen LogP) is 3.19. The van der Waals surface area contributed by atoms with Gasteiger partial charge in [0.15, 0.2) is 0 Å². The maximum absolute atomic E-state index is 10.2. The average Bonchev–Trinajstić information content (AvgIpc) is 2.38. The van der Waals surface area contributed by atoms with Crippen LogP contribution >= 0.6 is 0 Å². The fourth-order valence-electron chi connectivity index (χ4n) is 1.22. The zero-order valence-corrected chi connectivity index (χ0v) is 14.3. The first-order valence-corrected chi connectivity index (χ1v) is 5.40. The quantitative estimate of drug-likeness (QED) is 0.667. The summed E-state index contributed by atoms with van der Waals surface area (Å²) in [5, 5.41) is 11.6. The van der Waals surface area contributed by atoms with Gasteiger partial charge in [0, 0.05) is 44.9 Å². The van der Waals surface area contributed by atoms with Crippen molar-refractivity contribution in [1.29, 1.82) is 0 Å². The molecule has 1 radical (unpaired) electrons. The third-order valence-corrected chi connectivity index (χ3v) is 1.96. The van der Waals surface area contributed by atoms with Crippen LogP contribution in [0.5, 0.6) is 0 Å². The number of hydrogen-bond donors (Lipinski definition) is 1. The smallest absolute Gasteiger partial charge is 0.108 e. The summed E-state index contributed by atoms with van der Waals surface area (Å²) < 4.78 is 0. The van der Waals surface area contributed by atoms with Gasteiger partial charge in [0.25, 0.3) is 0 Å². The molecule has 1 aromatic rings. The molecule has 0 fully saturated rings. The number of aliphatic hydroxyl groups is 1. The van der Waals surface area contributed by atoms with E-state index in [9.17, 15) is 4.91 Å². The van der Waals surface area contributed by atoms with Crippen LogP contribution in [0.15, 0.2) is 29.4 Å². The molecule has 0 saturated heterocycles. The Hall–Kier alpha value is -0.316. The molecule has 0 aromatic heterocycles. The van der Waals surface area contributed by atoms with E-state index in [1.54, 1.807) is 24.3 Å². The molecule has 0 atom stereocenters. The van der Waals surface area contributed by atoms with Crippen LogP contribution in [0.25, 0.3) is 0 Å². The van der Waals surface area contributed by atoms with Gasteiger partial charge in [0.1, 0.15) is 5.69 Å². The van der Waals surface area contributed by atoms with E-state index in [1.807, 2.05) is 18.7 Å². The topological polar surface area (TPSA) is 52.9 Å². The van der Waals surface area contributed by atoms with Crippen molar-refractivity contribution >= 4 is 11.4 Å². The Morgan fingerprint density at radius 1 is 1.28 bits per heavy atom. The maximum Gasteiger partial charge on any atom is 0.108 e. The van der Waals surface area contributed by atoms with Gasteiger partial charge in [-0.1, -0.05) is 13.8 Å². The fraction of sp³-hybridized carbons (Fsp3) is 0.385. The summed E-state index contributed by atoms with van der Waals surface area (Å²) in [6, 6.07) is 6.86. The van der Waals surface area contributed by atoms with Gasteiger partial charge in [-0.25, -0.2) is 0 Å². The summed E-state index contributed by atoms with van der Waals surface area (Å²) in [4.78, 5) is 12.1. The normalized spacial score (nSPS) is 8.00. The van der Waals surface area contributed by atoms with Crippen LogP contribution < -0.4 is 4.90 Å². The first-order valence-electron chi connectivity index (χ1n) is 5.40. The zero-order chi connectivity index (χ0) is 12.4. The van der Waals surface area contributed by atoms with Gasteiger partial charge in [-0.3, -0.25) is 0 Å². The SMILES string of the molecule is CC.[CH2-]CN(CCO)c1ccc(N=O)cc1.[CH3-].[Y]. The van der Waals surface area contributed by atoms with Crippen molar-refractivity contribution in [3.63, 3.8) is 0 Å². The Morgan fingerprint density at radius 3 is 2.11 bits per heavy atom. The van der Waals surface area contributed by atoms with Crippen molar-refractivity contribution < 1.29 is 37.8 Å². The Morgan fingerprint density at radius 2 is 1.78 bits per heavy atom. The zero-order valence-electron chi connectivity index (χ0n) is 11.5. The van der Waals surface area contributed by atoms with Crippen LogP contribution in [0.2, 0.25) is 0 Å². The van der Waals surface area contributed by atoms with E-state index in [-0.39, 0.29) is 46.7 Å². The monoisotopic (exact) mass is 327 g/mol. The summed E-state index contributed by atoms with van der Waals surface area (Å²) in [5.74, 6) is 0. The van der Waals surface area contributed by atoms with Gasteiger partial charge < -0.3 is 24.4 Å². The van der Waals surface area contributed by atoms with Gasteiger partial charge in [-0.05, 0) is 29.4 Å². The van der Waals surface area contributed by atoms with Crippen LogP contribution in [0.4, 0.5) is 11.4 Å². The van der Waals surface area contributed by atoms with Gasteiger partial charge in [-0.15, -0.1) is 11.5 Å². The number of nitroso groups, excluding NO2 is 1. The molecule has 1 N–H and O–H groups in total. The minimum absolute atomic E-state index is 0. The van der Waals surface area contributed by atoms with E-state index in [1.165, 1.54) is 0 Å². The summed E-state index contributed by atoms with van der Waals surface area (Å²) in [7, 11) is 0. The Bertz CT molecular complexity index is 292. The Balaban J connectivity index is -0.000000534. The van der Waals surface area contributed by atoms with Crippen molar-refractivity contribution in [2.75, 3.05) is 24.6 Å². The van der Waals surface area contributed by atoms with Crippen LogP contribution in [-0.2, 0) is 32.7 Å². The molecule has 0 bridgehead atoms. The van der Waals surface area contributed by atoms with Gasteiger partial charge >= 0.3 is 0 Å². The minimum Gasteiger partial charge on any atom is -0.399 e. The summed E-state index contributed by atoms with van der Waals surface area (Å²) in [5.41, 5.74) is 1.34. The van der Waals surface area contributed by atoms with Crippen LogP contribution in [-0.4, -0.2) is 24.8 Å². The van der Waals surface area contributed by atoms with Gasteiger partial charge in [0.05, 0.1) is 6.61 Å². The molecule has 1 aromatic carbocycles. The largest absolute Gasteiger partial charge is 0.399 e. The second kappa shape index (κ2) is 14.7. The standard InChI is InChI=1S/C10H13N2O2.C2H6.CH3.Y/c1-2-12(7-8-13)10-5-3-9(11-14)4-6-10;1-2;;/h3-6,13H,1-2,7-8H2;1-2H3;1H3;/q-1;;-1;. The molecule has 0 aliphatic heterocycles. The second-order valence-corrected chi connectivity index (χ2v) is 2.82. The number of aliphatic hydroxyl groups excluding tert-OH is 1. The van der Waals surface area contributed by atoms with E-state index >= 15 is 0 Å². The fourth-order valence-corrected chi connectivity index (χ4v) is 1.22. The molecule has 0 unspecified atom stereocenters. The predicted molar refractivity (Wildman–Crippen MR) is 74.3 cm³/mol. The van der Waals surface area contributed by atoms with E-state index in [0.717, 1.165) is 5.69 Å². The average molecular weight is 327 g/mol. The van der Waals surface area contributed by atoms with Crippen LogP contribution in [0.3, 0.4) is 0 Å². The van der Waals surface area contributed by atoms with E-state index in [2.05, 4.69) is 12.1 Å². The molecule has 0 aliphatic carbocycles. The first-order chi connectivity index (χ1) is 7.81. The molecule has 0 spiro atoms. The van der Waals surface area contributed by atoms with Crippen molar-refractivity contribution in [3.05, 3.63) is 43.5 Å². The molecular weight excluding hydrogens is 305 g/mol. The number of benzene rings is 1. The molecule has 5 heteroatoms. The van der Waals surface area contributed by atoms with Crippen molar-refractivity contribution in [2.45, 2.75) is 13.8 Å². The molecule has 0 aliphatic rings. The van der Waals surface area contributed by atoms with Crippen LogP contribution in [0, 0.1) is 19.3 Å². The minimum atomic E-state index is 0. The number of hydrogen-bond acceptors (Lipinski definition) is 4. The third-order valence-electron chi connectivity index (χ3n) is 1.96. The maximum atomic E-state index is 10.2. The summed E-state index contributed by atoms with van der Waals surface area (Å²) in [6.45, 7) is 8.96. The van der Waals surface area contributed by atoms with Crippen molar-refractivity contribution in [2.24, 2.45) is 5.18 Å². The number of nitrogens with zero attached hydrogens (tertiary/aromatic N) is 2. The molecule has 0 amide bonds. The third kappa shape index (κ3) is 7.90. The summed E-state index contributed by atoms with van der Waals surface area (Å²) in [6.07, 6.45) is 0. The van der Waals surface area contributed by atoms with Crippen molar-refractivity contribution in [3.8, 4) is 0 Å². The number of anilines is 1. The van der Waals surface area contributed by atoms with Crippen molar-refractivity contribution in [1.82, 2.24) is 0 Å². The molecular formula is C13H22N2O2Y-2. The van der Waals surface area contributed by atoms with E-state index in [4.69, 9.17) is 5.11 Å². The van der Waals surface area contributed by atoms with Gasteiger partial charge in [0.2, 0.25) is 0 Å². The Kier molecular flexibility index (Phi) is 18.7. The molecule has 1 rings (SSSR count). The molecule has 18 heavy (non-hydrogen) atoms.